The van der Waals surface area contributed by atoms with Crippen LogP contribution in [0.1, 0.15) is 15.4 Å². The Morgan fingerprint density at radius 2 is 1.90 bits per heavy atom. The van der Waals surface area contributed by atoms with Gasteiger partial charge in [-0.1, -0.05) is 42.2 Å². The van der Waals surface area contributed by atoms with E-state index in [0.717, 1.165) is 28.6 Å². The number of nitrogens with zero attached hydrogens (tertiary/aromatic N) is 2. The molecule has 146 valence electrons. The lowest BCUT2D eigenvalue weighted by Crippen LogP contribution is -2.26. The molecule has 3 aromatic rings. The van der Waals surface area contributed by atoms with Crippen molar-refractivity contribution < 1.29 is 14.8 Å². The lowest BCUT2D eigenvalue weighted by molar-refractivity contribution is 0.0812. The molecule has 0 atom stereocenters. The summed E-state index contributed by atoms with van der Waals surface area (Å²) in [4.78, 5) is 30.3. The Labute approximate surface area is 176 Å². The number of hydrogen-bond acceptors (Lipinski definition) is 6. The molecule has 3 rings (SSSR count). The van der Waals surface area contributed by atoms with Gasteiger partial charge in [0.15, 0.2) is 5.01 Å². The molecule has 0 spiro atoms. The van der Waals surface area contributed by atoms with Crippen LogP contribution in [-0.4, -0.2) is 39.8 Å². The maximum absolute atomic E-state index is 12.6. The van der Waals surface area contributed by atoms with Gasteiger partial charge in [-0.3, -0.25) is 14.8 Å². The quantitative estimate of drug-likeness (QED) is 0.285. The van der Waals surface area contributed by atoms with Crippen LogP contribution in [0.5, 0.6) is 0 Å². The average molecular weight is 424 g/mol. The van der Waals surface area contributed by atoms with Crippen LogP contribution in [0.25, 0.3) is 11.3 Å². The summed E-state index contributed by atoms with van der Waals surface area (Å²) in [5.41, 5.74) is 4.09. The van der Waals surface area contributed by atoms with E-state index in [-0.39, 0.29) is 12.5 Å². The highest BCUT2D eigenvalue weighted by atomic mass is 32.2. The van der Waals surface area contributed by atoms with E-state index in [1.54, 1.807) is 36.8 Å². The second kappa shape index (κ2) is 9.89. The summed E-state index contributed by atoms with van der Waals surface area (Å²) >= 11 is 2.19. The van der Waals surface area contributed by atoms with Gasteiger partial charge in [0, 0.05) is 28.5 Å². The van der Waals surface area contributed by atoms with Gasteiger partial charge < -0.3 is 4.90 Å². The van der Waals surface area contributed by atoms with E-state index in [1.807, 2.05) is 35.7 Å². The molecule has 29 heavy (non-hydrogen) atoms. The third-order valence-electron chi connectivity index (χ3n) is 3.81. The monoisotopic (exact) mass is 423 g/mol. The summed E-state index contributed by atoms with van der Waals surface area (Å²) in [6.07, 6.45) is 0. The first-order chi connectivity index (χ1) is 14.1. The molecule has 0 fully saturated rings. The van der Waals surface area contributed by atoms with E-state index in [2.05, 4.69) is 16.8 Å². The van der Waals surface area contributed by atoms with Crippen molar-refractivity contribution in [3.63, 3.8) is 0 Å². The minimum absolute atomic E-state index is 0.173. The maximum atomic E-state index is 12.6. The molecule has 0 bridgehead atoms. The topological polar surface area (TPSA) is 82.5 Å². The first-order valence-electron chi connectivity index (χ1n) is 8.54. The first kappa shape index (κ1) is 20.6. The number of rotatable bonds is 4. The Morgan fingerprint density at radius 1 is 1.17 bits per heavy atom. The minimum atomic E-state index is -0.554. The van der Waals surface area contributed by atoms with Crippen LogP contribution >= 0.6 is 23.1 Å². The van der Waals surface area contributed by atoms with Gasteiger partial charge in [0.25, 0.3) is 5.91 Å². The van der Waals surface area contributed by atoms with Crippen molar-refractivity contribution >= 4 is 34.2 Å². The van der Waals surface area contributed by atoms with E-state index < -0.39 is 5.24 Å². The molecule has 8 heteroatoms. The summed E-state index contributed by atoms with van der Waals surface area (Å²) < 4.78 is 0. The highest BCUT2D eigenvalue weighted by Crippen LogP contribution is 2.22. The highest BCUT2D eigenvalue weighted by Gasteiger charge is 2.15. The Balaban J connectivity index is 1.58. The maximum Gasteiger partial charge on any atom is 0.307 e. The molecule has 1 heterocycles. The number of carbonyl (C=O) groups is 2. The molecule has 0 aliphatic carbocycles. The Bertz CT molecular complexity index is 1050. The molecule has 6 nitrogen and oxygen atoms in total. The summed E-state index contributed by atoms with van der Waals surface area (Å²) in [7, 11) is 1.69. The largest absolute Gasteiger partial charge is 0.328 e. The number of amides is 2. The number of hydrogen-bond donors (Lipinski definition) is 2. The lowest BCUT2D eigenvalue weighted by atomic mass is 10.2. The molecule has 0 aliphatic rings. The van der Waals surface area contributed by atoms with E-state index >= 15 is 0 Å². The summed E-state index contributed by atoms with van der Waals surface area (Å²) in [5, 5.41) is 10.3. The minimum Gasteiger partial charge on any atom is -0.328 e. The van der Waals surface area contributed by atoms with Crippen molar-refractivity contribution in [3.8, 4) is 23.1 Å². The molecule has 2 amide bonds. The third-order valence-corrected chi connectivity index (χ3v) is 5.42. The highest BCUT2D eigenvalue weighted by molar-refractivity contribution is 8.13. The van der Waals surface area contributed by atoms with Crippen molar-refractivity contribution in [1.29, 1.82) is 0 Å². The smallest absolute Gasteiger partial charge is 0.307 e. The van der Waals surface area contributed by atoms with Crippen LogP contribution in [0, 0.1) is 11.8 Å². The van der Waals surface area contributed by atoms with Crippen molar-refractivity contribution in [1.82, 2.24) is 15.4 Å². The Kier molecular flexibility index (Phi) is 7.03. The standard InChI is InChI=1S/C21H17N3O3S2/c1-24(13-5-6-15-9-11-17(12-10-15)29-21(26)23-27)20(25)19-22-18(14-28-19)16-7-3-2-4-8-16/h2-4,7-12,14,27H,13H2,1H3,(H,23,26). The summed E-state index contributed by atoms with van der Waals surface area (Å²) in [6, 6.07) is 16.7. The number of hydroxylamine groups is 1. The fourth-order valence-electron chi connectivity index (χ4n) is 2.34. The van der Waals surface area contributed by atoms with Gasteiger partial charge in [-0.2, -0.15) is 0 Å². The van der Waals surface area contributed by atoms with Crippen molar-refractivity contribution in [2.75, 3.05) is 13.6 Å². The zero-order valence-electron chi connectivity index (χ0n) is 15.5. The Morgan fingerprint density at radius 3 is 2.59 bits per heavy atom. The predicted molar refractivity (Wildman–Crippen MR) is 114 cm³/mol. The fraction of sp³-hybridized carbons (Fsp3) is 0.0952. The van der Waals surface area contributed by atoms with Crippen LogP contribution in [0.3, 0.4) is 0 Å². The van der Waals surface area contributed by atoms with Gasteiger partial charge in [0.1, 0.15) is 0 Å². The predicted octanol–water partition coefficient (Wildman–Crippen LogP) is 4.12. The second-order valence-corrected chi connectivity index (χ2v) is 7.80. The molecule has 2 N–H and O–H groups in total. The van der Waals surface area contributed by atoms with E-state index in [0.29, 0.717) is 9.90 Å². The lowest BCUT2D eigenvalue weighted by Gasteiger charge is -2.11. The molecule has 0 unspecified atom stereocenters. The van der Waals surface area contributed by atoms with E-state index in [9.17, 15) is 9.59 Å². The number of carbonyl (C=O) groups excluding carboxylic acids is 2. The van der Waals surface area contributed by atoms with Gasteiger partial charge in [0.2, 0.25) is 0 Å². The van der Waals surface area contributed by atoms with Crippen molar-refractivity contribution in [2.24, 2.45) is 0 Å². The van der Waals surface area contributed by atoms with E-state index in [4.69, 9.17) is 5.21 Å². The SMILES string of the molecule is CN(CC#Cc1ccc(SC(=O)NO)cc1)C(=O)c1nc(-c2ccccc2)cs1. The number of thioether (sulfide) groups is 1. The molecule has 0 radical (unpaired) electrons. The molecule has 0 aliphatic heterocycles. The molecular formula is C21H17N3O3S2. The molecule has 0 saturated heterocycles. The van der Waals surface area contributed by atoms with Crippen LogP contribution in [0.2, 0.25) is 0 Å². The summed E-state index contributed by atoms with van der Waals surface area (Å²) in [5.74, 6) is 5.78. The van der Waals surface area contributed by atoms with Crippen LogP contribution in [0.15, 0.2) is 64.9 Å². The second-order valence-electron chi connectivity index (χ2n) is 5.89. The normalized spacial score (nSPS) is 10.0. The zero-order valence-corrected chi connectivity index (χ0v) is 17.1. The van der Waals surface area contributed by atoms with Crippen LogP contribution in [0.4, 0.5) is 4.79 Å². The molecule has 0 saturated carbocycles. The van der Waals surface area contributed by atoms with Gasteiger partial charge in [-0.25, -0.2) is 10.5 Å². The van der Waals surface area contributed by atoms with Gasteiger partial charge >= 0.3 is 5.24 Å². The van der Waals surface area contributed by atoms with Crippen molar-refractivity contribution in [3.05, 3.63) is 70.5 Å². The van der Waals surface area contributed by atoms with Gasteiger partial charge in [0.05, 0.1) is 12.2 Å². The zero-order chi connectivity index (χ0) is 20.6. The van der Waals surface area contributed by atoms with Gasteiger partial charge in [-0.15, -0.1) is 11.3 Å². The van der Waals surface area contributed by atoms with Crippen LogP contribution in [-0.2, 0) is 0 Å². The molecule has 2 aromatic carbocycles. The van der Waals surface area contributed by atoms with Crippen LogP contribution < -0.4 is 5.48 Å². The number of benzene rings is 2. The Hall–Kier alpha value is -3.12. The van der Waals surface area contributed by atoms with Crippen molar-refractivity contribution in [2.45, 2.75) is 4.90 Å². The summed E-state index contributed by atoms with van der Waals surface area (Å²) in [6.45, 7) is 0.266. The molecular weight excluding hydrogens is 406 g/mol. The number of aromatic nitrogens is 1. The first-order valence-corrected chi connectivity index (χ1v) is 10.2. The average Bonchev–Trinajstić information content (AvgIpc) is 3.25. The van der Waals surface area contributed by atoms with Gasteiger partial charge in [-0.05, 0) is 36.0 Å². The third kappa shape index (κ3) is 5.68. The number of thiazole rings is 1. The molecule has 1 aromatic heterocycles. The number of nitrogens with one attached hydrogen (secondary N) is 1. The fourth-order valence-corrected chi connectivity index (χ4v) is 3.70. The van der Waals surface area contributed by atoms with E-state index in [1.165, 1.54) is 16.2 Å².